The van der Waals surface area contributed by atoms with Crippen LogP contribution in [-0.4, -0.2) is 44.1 Å². The fourth-order valence-electron chi connectivity index (χ4n) is 2.24. The number of carbonyl (C=O) groups is 1. The smallest absolute Gasteiger partial charge is 0.324 e. The van der Waals surface area contributed by atoms with Crippen molar-refractivity contribution in [3.8, 4) is 0 Å². The summed E-state index contributed by atoms with van der Waals surface area (Å²) in [6.45, 7) is 6.04. The molecule has 0 bridgehead atoms. The van der Waals surface area contributed by atoms with Crippen molar-refractivity contribution < 1.29 is 17.9 Å². The second-order valence-electron chi connectivity index (χ2n) is 5.96. The Labute approximate surface area is 110 Å². The van der Waals surface area contributed by atoms with Crippen LogP contribution in [0.15, 0.2) is 0 Å². The molecule has 6 heteroatoms. The number of hydrogen-bond donors (Lipinski definition) is 0. The Kier molecular flexibility index (Phi) is 4.78. The van der Waals surface area contributed by atoms with Gasteiger partial charge in [0.25, 0.3) is 0 Å². The van der Waals surface area contributed by atoms with Gasteiger partial charge < -0.3 is 4.74 Å². The van der Waals surface area contributed by atoms with Crippen molar-refractivity contribution in [2.45, 2.75) is 46.1 Å². The van der Waals surface area contributed by atoms with E-state index in [1.54, 1.807) is 0 Å². The Morgan fingerprint density at radius 3 is 2.44 bits per heavy atom. The van der Waals surface area contributed by atoms with Crippen molar-refractivity contribution >= 4 is 16.0 Å². The van der Waals surface area contributed by atoms with Crippen LogP contribution in [-0.2, 0) is 19.6 Å². The third kappa shape index (κ3) is 3.95. The second-order valence-corrected chi connectivity index (χ2v) is 7.88. The Balaban J connectivity index is 2.93. The van der Waals surface area contributed by atoms with Crippen LogP contribution in [0, 0.1) is 5.41 Å². The normalized spacial score (nSPS) is 22.8. The molecule has 1 atom stereocenters. The zero-order valence-electron chi connectivity index (χ0n) is 11.6. The lowest BCUT2D eigenvalue weighted by atomic mass is 10.0. The zero-order chi connectivity index (χ0) is 14.0. The van der Waals surface area contributed by atoms with Crippen molar-refractivity contribution in [2.24, 2.45) is 5.41 Å². The summed E-state index contributed by atoms with van der Waals surface area (Å²) in [6, 6.07) is -0.643. The van der Waals surface area contributed by atoms with Gasteiger partial charge >= 0.3 is 5.97 Å². The predicted octanol–water partition coefficient (Wildman–Crippen LogP) is 1.39. The van der Waals surface area contributed by atoms with Crippen LogP contribution in [0.3, 0.4) is 0 Å². The van der Waals surface area contributed by atoms with Gasteiger partial charge in [-0.1, -0.05) is 20.8 Å². The van der Waals surface area contributed by atoms with Crippen molar-refractivity contribution in [3.63, 3.8) is 0 Å². The minimum Gasteiger partial charge on any atom is -0.468 e. The van der Waals surface area contributed by atoms with Crippen LogP contribution in [0.1, 0.15) is 40.0 Å². The highest BCUT2D eigenvalue weighted by molar-refractivity contribution is 7.89. The first-order chi connectivity index (χ1) is 8.17. The summed E-state index contributed by atoms with van der Waals surface area (Å²) >= 11 is 0. The fourth-order valence-corrected chi connectivity index (χ4v) is 4.49. The molecule has 0 saturated carbocycles. The van der Waals surface area contributed by atoms with Gasteiger partial charge in [-0.15, -0.1) is 0 Å². The highest BCUT2D eigenvalue weighted by Gasteiger charge is 2.38. The average Bonchev–Trinajstić information content (AvgIpc) is 2.25. The van der Waals surface area contributed by atoms with E-state index in [9.17, 15) is 13.2 Å². The molecule has 0 aromatic heterocycles. The lowest BCUT2D eigenvalue weighted by Crippen LogP contribution is -2.50. The molecule has 1 aliphatic rings. The van der Waals surface area contributed by atoms with Crippen molar-refractivity contribution in [2.75, 3.05) is 19.4 Å². The minimum absolute atomic E-state index is 0.0491. The molecule has 0 N–H and O–H groups in total. The third-order valence-electron chi connectivity index (χ3n) is 2.90. The number of hydrogen-bond acceptors (Lipinski definition) is 4. The summed E-state index contributed by atoms with van der Waals surface area (Å²) in [5.74, 6) is -0.403. The molecule has 106 valence electrons. The van der Waals surface area contributed by atoms with Gasteiger partial charge in [-0.3, -0.25) is 4.79 Å². The van der Waals surface area contributed by atoms with Gasteiger partial charge in [-0.2, -0.15) is 4.31 Å². The van der Waals surface area contributed by atoms with E-state index in [1.807, 2.05) is 20.8 Å². The molecule has 0 aliphatic carbocycles. The number of sulfonamides is 1. The summed E-state index contributed by atoms with van der Waals surface area (Å²) in [5, 5.41) is 0. The van der Waals surface area contributed by atoms with E-state index in [1.165, 1.54) is 11.4 Å². The Hall–Kier alpha value is -0.620. The maximum atomic E-state index is 12.4. The lowest BCUT2D eigenvalue weighted by Gasteiger charge is -2.34. The molecule has 1 fully saturated rings. The Bertz CT molecular complexity index is 397. The summed E-state index contributed by atoms with van der Waals surface area (Å²) in [5.41, 5.74) is -0.322. The van der Waals surface area contributed by atoms with E-state index in [-0.39, 0.29) is 11.2 Å². The van der Waals surface area contributed by atoms with E-state index >= 15 is 0 Å². The monoisotopic (exact) mass is 277 g/mol. The maximum absolute atomic E-state index is 12.4. The van der Waals surface area contributed by atoms with E-state index in [0.29, 0.717) is 13.0 Å². The number of carbonyl (C=O) groups excluding carboxylic acids is 1. The Morgan fingerprint density at radius 1 is 1.33 bits per heavy atom. The van der Waals surface area contributed by atoms with Gasteiger partial charge in [-0.05, 0) is 24.7 Å². The van der Waals surface area contributed by atoms with Crippen LogP contribution in [0.2, 0.25) is 0 Å². The standard InChI is InChI=1S/C12H23NO4S/c1-12(2,3)9-18(15,16)13-8-6-5-7-10(13)11(14)17-4/h10H,5-9H2,1-4H3/t10-/m1/s1. The number of rotatable bonds is 3. The largest absolute Gasteiger partial charge is 0.468 e. The van der Waals surface area contributed by atoms with E-state index < -0.39 is 22.0 Å². The molecule has 1 saturated heterocycles. The highest BCUT2D eigenvalue weighted by atomic mass is 32.2. The lowest BCUT2D eigenvalue weighted by molar-refractivity contribution is -0.146. The molecule has 0 aromatic rings. The topological polar surface area (TPSA) is 63.7 Å². The van der Waals surface area contributed by atoms with Gasteiger partial charge in [0.15, 0.2) is 0 Å². The SMILES string of the molecule is COC(=O)[C@H]1CCCCN1S(=O)(=O)CC(C)(C)C. The average molecular weight is 277 g/mol. The van der Waals surface area contributed by atoms with Crippen molar-refractivity contribution in [3.05, 3.63) is 0 Å². The highest BCUT2D eigenvalue weighted by Crippen LogP contribution is 2.25. The van der Waals surface area contributed by atoms with Crippen molar-refractivity contribution in [1.82, 2.24) is 4.31 Å². The van der Waals surface area contributed by atoms with Gasteiger partial charge in [0.05, 0.1) is 12.9 Å². The number of nitrogens with zero attached hydrogens (tertiary/aromatic N) is 1. The molecule has 5 nitrogen and oxygen atoms in total. The predicted molar refractivity (Wildman–Crippen MR) is 69.6 cm³/mol. The first kappa shape index (κ1) is 15.4. The summed E-state index contributed by atoms with van der Waals surface area (Å²) in [4.78, 5) is 11.7. The maximum Gasteiger partial charge on any atom is 0.324 e. The van der Waals surface area contributed by atoms with Crippen molar-refractivity contribution in [1.29, 1.82) is 0 Å². The first-order valence-electron chi connectivity index (χ1n) is 6.25. The van der Waals surface area contributed by atoms with Gasteiger partial charge in [0.1, 0.15) is 6.04 Å². The summed E-state index contributed by atoms with van der Waals surface area (Å²) in [7, 11) is -2.12. The Morgan fingerprint density at radius 2 is 1.94 bits per heavy atom. The molecule has 0 unspecified atom stereocenters. The first-order valence-corrected chi connectivity index (χ1v) is 7.86. The van der Waals surface area contributed by atoms with E-state index in [2.05, 4.69) is 0 Å². The molecule has 0 amide bonds. The zero-order valence-corrected chi connectivity index (χ0v) is 12.4. The van der Waals surface area contributed by atoms with Gasteiger partial charge in [0, 0.05) is 6.54 Å². The van der Waals surface area contributed by atoms with E-state index in [4.69, 9.17) is 4.74 Å². The number of esters is 1. The molecule has 18 heavy (non-hydrogen) atoms. The second kappa shape index (κ2) is 5.57. The van der Waals surface area contributed by atoms with Gasteiger partial charge in [-0.25, -0.2) is 8.42 Å². The summed E-state index contributed by atoms with van der Waals surface area (Å²) < 4.78 is 30.7. The molecule has 1 rings (SSSR count). The molecule has 0 aromatic carbocycles. The van der Waals surface area contributed by atoms with Crippen LogP contribution in [0.4, 0.5) is 0 Å². The third-order valence-corrected chi connectivity index (χ3v) is 5.28. The molecule has 1 aliphatic heterocycles. The molecule has 0 radical (unpaired) electrons. The number of ether oxygens (including phenoxy) is 1. The van der Waals surface area contributed by atoms with Crippen LogP contribution >= 0.6 is 0 Å². The molecular formula is C12H23NO4S. The molecule has 1 heterocycles. The van der Waals surface area contributed by atoms with Crippen LogP contribution < -0.4 is 0 Å². The minimum atomic E-state index is -3.41. The summed E-state index contributed by atoms with van der Waals surface area (Å²) in [6.07, 6.45) is 2.22. The molecule has 0 spiro atoms. The van der Waals surface area contributed by atoms with Crippen LogP contribution in [0.5, 0.6) is 0 Å². The van der Waals surface area contributed by atoms with Crippen LogP contribution in [0.25, 0.3) is 0 Å². The quantitative estimate of drug-likeness (QED) is 0.731. The van der Waals surface area contributed by atoms with Gasteiger partial charge in [0.2, 0.25) is 10.0 Å². The number of methoxy groups -OCH3 is 1. The fraction of sp³-hybridized carbons (Fsp3) is 0.917. The van der Waals surface area contributed by atoms with E-state index in [0.717, 1.165) is 12.8 Å². The molecular weight excluding hydrogens is 254 g/mol. The number of piperidine rings is 1.